The van der Waals surface area contributed by atoms with Crippen molar-refractivity contribution in [1.29, 1.82) is 0 Å². The van der Waals surface area contributed by atoms with Gasteiger partial charge < -0.3 is 19.5 Å². The van der Waals surface area contributed by atoms with Crippen LogP contribution in [0.15, 0.2) is 42.6 Å². The number of halogens is 3. The number of aryl methyl sites for hydroxylation is 1. The number of nitrogens with one attached hydrogen (secondary N) is 1. The molecule has 0 unspecified atom stereocenters. The first-order chi connectivity index (χ1) is 18.2. The molecule has 0 spiro atoms. The van der Waals surface area contributed by atoms with Crippen molar-refractivity contribution < 1.29 is 27.5 Å². The summed E-state index contributed by atoms with van der Waals surface area (Å²) in [5, 5.41) is 3.03. The van der Waals surface area contributed by atoms with Gasteiger partial charge in [-0.15, -0.1) is 13.2 Å². The quantitative estimate of drug-likeness (QED) is 0.451. The minimum Gasteiger partial charge on any atom is -0.406 e. The van der Waals surface area contributed by atoms with Crippen LogP contribution in [-0.2, 0) is 22.6 Å². The van der Waals surface area contributed by atoms with Crippen LogP contribution < -0.4 is 10.1 Å². The van der Waals surface area contributed by atoms with E-state index in [0.29, 0.717) is 42.4 Å². The first-order valence-electron chi connectivity index (χ1n) is 13.0. The fourth-order valence-corrected chi connectivity index (χ4v) is 4.86. The molecule has 0 bridgehead atoms. The monoisotopic (exact) mass is 529 g/mol. The van der Waals surface area contributed by atoms with Crippen LogP contribution in [0.1, 0.15) is 43.5 Å². The summed E-state index contributed by atoms with van der Waals surface area (Å²) in [7, 11) is 0. The number of hydrogen-bond acceptors (Lipinski definition) is 5. The number of imidazole rings is 1. The molecular weight excluding hydrogens is 499 g/mol. The van der Waals surface area contributed by atoms with Gasteiger partial charge in [0.05, 0.1) is 6.54 Å². The van der Waals surface area contributed by atoms with Gasteiger partial charge in [-0.25, -0.2) is 9.97 Å². The van der Waals surface area contributed by atoms with Crippen LogP contribution in [0.25, 0.3) is 11.2 Å². The lowest BCUT2D eigenvalue weighted by Gasteiger charge is -2.32. The second kappa shape index (κ2) is 11.0. The molecule has 2 amide bonds. The van der Waals surface area contributed by atoms with Gasteiger partial charge in [-0.3, -0.25) is 9.59 Å². The van der Waals surface area contributed by atoms with Crippen LogP contribution in [-0.4, -0.2) is 57.2 Å². The van der Waals surface area contributed by atoms with Gasteiger partial charge in [0.1, 0.15) is 17.1 Å². The van der Waals surface area contributed by atoms with Crippen molar-refractivity contribution in [1.82, 2.24) is 24.8 Å². The smallest absolute Gasteiger partial charge is 0.406 e. The number of carbonyl (C=O) groups excluding carboxylic acids is 2. The number of fused-ring (bicyclic) bond motifs is 1. The Labute approximate surface area is 218 Å². The number of piperidine rings is 1. The molecule has 1 aromatic carbocycles. The molecule has 1 saturated carbocycles. The van der Waals surface area contributed by atoms with E-state index in [9.17, 15) is 22.8 Å². The van der Waals surface area contributed by atoms with Crippen molar-refractivity contribution in [2.75, 3.05) is 19.6 Å². The zero-order valence-corrected chi connectivity index (χ0v) is 20.9. The summed E-state index contributed by atoms with van der Waals surface area (Å²) < 4.78 is 43.2. The third-order valence-corrected chi connectivity index (χ3v) is 7.10. The van der Waals surface area contributed by atoms with E-state index >= 15 is 0 Å². The molecule has 2 aromatic heterocycles. The number of carbonyl (C=O) groups is 2. The second-order valence-corrected chi connectivity index (χ2v) is 10.00. The van der Waals surface area contributed by atoms with Crippen LogP contribution >= 0.6 is 0 Å². The molecular formula is C27H30F3N5O3. The van der Waals surface area contributed by atoms with Crippen molar-refractivity contribution in [3.63, 3.8) is 0 Å². The number of nitrogens with zero attached hydrogens (tertiary/aromatic N) is 4. The Balaban J connectivity index is 1.16. The van der Waals surface area contributed by atoms with Crippen molar-refractivity contribution in [2.45, 2.75) is 51.4 Å². The van der Waals surface area contributed by atoms with Gasteiger partial charge in [0, 0.05) is 44.6 Å². The maximum absolute atomic E-state index is 12.6. The van der Waals surface area contributed by atoms with Gasteiger partial charge in [0.2, 0.25) is 11.8 Å². The lowest BCUT2D eigenvalue weighted by Crippen LogP contribution is -2.42. The van der Waals surface area contributed by atoms with Gasteiger partial charge in [-0.2, -0.15) is 0 Å². The number of aromatic nitrogens is 3. The Kier molecular flexibility index (Phi) is 7.53. The van der Waals surface area contributed by atoms with E-state index in [0.717, 1.165) is 44.3 Å². The summed E-state index contributed by atoms with van der Waals surface area (Å²) in [5.41, 5.74) is 2.08. The fourth-order valence-electron chi connectivity index (χ4n) is 4.86. The Hall–Kier alpha value is -3.63. The molecule has 3 heterocycles. The van der Waals surface area contributed by atoms with E-state index in [1.165, 1.54) is 12.1 Å². The number of pyridine rings is 1. The highest BCUT2D eigenvalue weighted by Gasteiger charge is 2.35. The van der Waals surface area contributed by atoms with Gasteiger partial charge >= 0.3 is 6.36 Å². The summed E-state index contributed by atoms with van der Waals surface area (Å²) in [6.45, 7) is 2.45. The number of hydrogen-bond donors (Lipinski definition) is 1. The molecule has 11 heteroatoms. The maximum atomic E-state index is 12.6. The van der Waals surface area contributed by atoms with Crippen LogP contribution in [0.2, 0.25) is 0 Å². The van der Waals surface area contributed by atoms with E-state index in [1.54, 1.807) is 24.4 Å². The Morgan fingerprint density at radius 3 is 2.47 bits per heavy atom. The van der Waals surface area contributed by atoms with Crippen LogP contribution in [0, 0.1) is 11.8 Å². The first kappa shape index (κ1) is 26.0. The molecule has 1 saturated heterocycles. The number of rotatable bonds is 9. The van der Waals surface area contributed by atoms with Crippen molar-refractivity contribution in [3.8, 4) is 5.75 Å². The zero-order chi connectivity index (χ0) is 26.7. The summed E-state index contributed by atoms with van der Waals surface area (Å²) in [5.74, 6) is 1.22. The van der Waals surface area contributed by atoms with E-state index in [2.05, 4.69) is 20.0 Å². The molecule has 1 N–H and O–H groups in total. The highest BCUT2D eigenvalue weighted by Crippen LogP contribution is 2.32. The highest BCUT2D eigenvalue weighted by atomic mass is 19.4. The SMILES string of the molecule is O=C(CCc1nc2cccnc2n1Cc1ccc(OC(F)(F)F)cc1)NCC1CCN(C(=O)C2CC2)CC1. The Morgan fingerprint density at radius 2 is 1.79 bits per heavy atom. The molecule has 1 aliphatic carbocycles. The molecule has 5 rings (SSSR count). The van der Waals surface area contributed by atoms with Crippen molar-refractivity contribution in [3.05, 3.63) is 54.0 Å². The minimum atomic E-state index is -4.74. The fraction of sp³-hybridized carbons (Fsp3) is 0.481. The summed E-state index contributed by atoms with van der Waals surface area (Å²) in [6, 6.07) is 9.29. The van der Waals surface area contributed by atoms with Crippen LogP contribution in [0.4, 0.5) is 13.2 Å². The second-order valence-electron chi connectivity index (χ2n) is 10.00. The number of alkyl halides is 3. The molecule has 202 valence electrons. The van der Waals surface area contributed by atoms with Crippen molar-refractivity contribution in [2.24, 2.45) is 11.8 Å². The number of benzene rings is 1. The molecule has 0 radical (unpaired) electrons. The van der Waals surface area contributed by atoms with Gasteiger partial charge in [0.15, 0.2) is 5.65 Å². The summed E-state index contributed by atoms with van der Waals surface area (Å²) in [6.07, 6.45) is 1.38. The highest BCUT2D eigenvalue weighted by molar-refractivity contribution is 5.81. The third kappa shape index (κ3) is 6.62. The number of likely N-dealkylation sites (tertiary alicyclic amines) is 1. The molecule has 3 aromatic rings. The van der Waals surface area contributed by atoms with Crippen LogP contribution in [0.3, 0.4) is 0 Å². The first-order valence-corrected chi connectivity index (χ1v) is 13.0. The predicted octanol–water partition coefficient (Wildman–Crippen LogP) is 4.08. The molecule has 2 aliphatic rings. The van der Waals surface area contributed by atoms with E-state index in [-0.39, 0.29) is 29.9 Å². The average Bonchev–Trinajstić information content (AvgIpc) is 3.69. The number of ether oxygens (including phenoxy) is 1. The van der Waals surface area contributed by atoms with Crippen LogP contribution in [0.5, 0.6) is 5.75 Å². The zero-order valence-electron chi connectivity index (χ0n) is 20.9. The van der Waals surface area contributed by atoms with E-state index in [1.807, 2.05) is 15.5 Å². The topological polar surface area (TPSA) is 89.3 Å². The largest absolute Gasteiger partial charge is 0.573 e. The van der Waals surface area contributed by atoms with Crippen molar-refractivity contribution >= 4 is 23.0 Å². The lowest BCUT2D eigenvalue weighted by molar-refractivity contribution is -0.274. The maximum Gasteiger partial charge on any atom is 0.573 e. The third-order valence-electron chi connectivity index (χ3n) is 7.10. The molecule has 2 fully saturated rings. The van der Waals surface area contributed by atoms with E-state index in [4.69, 9.17) is 0 Å². The van der Waals surface area contributed by atoms with Gasteiger partial charge in [-0.05, 0) is 61.4 Å². The molecule has 38 heavy (non-hydrogen) atoms. The molecule has 0 atom stereocenters. The van der Waals surface area contributed by atoms with Gasteiger partial charge in [-0.1, -0.05) is 12.1 Å². The predicted molar refractivity (Wildman–Crippen MR) is 133 cm³/mol. The normalized spacial score (nSPS) is 16.6. The number of amides is 2. The van der Waals surface area contributed by atoms with E-state index < -0.39 is 6.36 Å². The van der Waals surface area contributed by atoms with Gasteiger partial charge in [0.25, 0.3) is 0 Å². The molecule has 1 aliphatic heterocycles. The minimum absolute atomic E-state index is 0.0679. The standard InChI is InChI=1S/C27H30F3N5O3/c28-27(29,30)38-21-7-3-19(4-8-21)17-35-23(33-22-2-1-13-31-25(22)35)9-10-24(36)32-16-18-11-14-34(15-12-18)26(37)20-5-6-20/h1-4,7-8,13,18,20H,5-6,9-12,14-17H2,(H,32,36). The Morgan fingerprint density at radius 1 is 1.05 bits per heavy atom. The average molecular weight is 530 g/mol. The Bertz CT molecular complexity index is 1280. The molecule has 8 nitrogen and oxygen atoms in total. The lowest BCUT2D eigenvalue weighted by atomic mass is 9.96. The summed E-state index contributed by atoms with van der Waals surface area (Å²) >= 11 is 0. The summed E-state index contributed by atoms with van der Waals surface area (Å²) in [4.78, 5) is 35.9.